The Morgan fingerprint density at radius 3 is 2.17 bits per heavy atom. The van der Waals surface area contributed by atoms with Crippen molar-refractivity contribution >= 4 is 0 Å². The minimum absolute atomic E-state index is 0.363. The van der Waals surface area contributed by atoms with Crippen LogP contribution in [0.5, 0.6) is 0 Å². The zero-order valence-corrected chi connectivity index (χ0v) is 11.5. The fourth-order valence-electron chi connectivity index (χ4n) is 3.02. The number of hydrogen-bond acceptors (Lipinski definition) is 4. The van der Waals surface area contributed by atoms with Crippen LogP contribution in [0, 0.1) is 5.92 Å². The Labute approximate surface area is 111 Å². The zero-order chi connectivity index (χ0) is 12.6. The SMILES string of the molecule is OCCC1CCN(CCCN2CCOCC2)CC1. The Kier molecular flexibility index (Phi) is 6.41. The number of likely N-dealkylation sites (tertiary alicyclic amines) is 1. The van der Waals surface area contributed by atoms with E-state index in [0.29, 0.717) is 6.61 Å². The number of aliphatic hydroxyl groups excluding tert-OH is 1. The summed E-state index contributed by atoms with van der Waals surface area (Å²) in [5.74, 6) is 0.769. The van der Waals surface area contributed by atoms with Crippen molar-refractivity contribution in [1.29, 1.82) is 0 Å². The number of piperidine rings is 1. The molecule has 2 aliphatic rings. The van der Waals surface area contributed by atoms with Gasteiger partial charge in [-0.15, -0.1) is 0 Å². The van der Waals surface area contributed by atoms with Crippen LogP contribution in [-0.4, -0.2) is 74.0 Å². The van der Waals surface area contributed by atoms with Crippen molar-refractivity contribution in [1.82, 2.24) is 9.80 Å². The summed E-state index contributed by atoms with van der Waals surface area (Å²) in [4.78, 5) is 5.11. The van der Waals surface area contributed by atoms with E-state index in [1.165, 1.54) is 45.4 Å². The summed E-state index contributed by atoms with van der Waals surface area (Å²) in [6, 6.07) is 0. The average Bonchev–Trinajstić information content (AvgIpc) is 2.42. The summed E-state index contributed by atoms with van der Waals surface area (Å²) >= 11 is 0. The highest BCUT2D eigenvalue weighted by molar-refractivity contribution is 4.72. The van der Waals surface area contributed by atoms with E-state index in [1.54, 1.807) is 0 Å². The third kappa shape index (κ3) is 4.84. The summed E-state index contributed by atoms with van der Waals surface area (Å²) in [7, 11) is 0. The molecule has 0 bridgehead atoms. The summed E-state index contributed by atoms with van der Waals surface area (Å²) in [5.41, 5.74) is 0. The predicted octanol–water partition coefficient (Wildman–Crippen LogP) is 0.803. The maximum Gasteiger partial charge on any atom is 0.0594 e. The number of ether oxygens (including phenoxy) is 1. The first-order chi connectivity index (χ1) is 8.88. The van der Waals surface area contributed by atoms with Crippen LogP contribution in [0.1, 0.15) is 25.7 Å². The quantitative estimate of drug-likeness (QED) is 0.763. The van der Waals surface area contributed by atoms with Crippen molar-refractivity contribution in [3.05, 3.63) is 0 Å². The lowest BCUT2D eigenvalue weighted by atomic mass is 9.94. The fraction of sp³-hybridized carbons (Fsp3) is 1.00. The molecule has 1 N–H and O–H groups in total. The molecule has 2 rings (SSSR count). The highest BCUT2D eigenvalue weighted by Crippen LogP contribution is 2.19. The molecule has 2 aliphatic heterocycles. The second-order valence-corrected chi connectivity index (χ2v) is 5.60. The molecule has 0 atom stereocenters. The van der Waals surface area contributed by atoms with Gasteiger partial charge in [0.05, 0.1) is 13.2 Å². The lowest BCUT2D eigenvalue weighted by molar-refractivity contribution is 0.0354. The summed E-state index contributed by atoms with van der Waals surface area (Å²) in [6.07, 6.45) is 4.84. The van der Waals surface area contributed by atoms with E-state index < -0.39 is 0 Å². The predicted molar refractivity (Wildman–Crippen MR) is 72.7 cm³/mol. The topological polar surface area (TPSA) is 35.9 Å². The smallest absolute Gasteiger partial charge is 0.0594 e. The van der Waals surface area contributed by atoms with Crippen LogP contribution >= 0.6 is 0 Å². The standard InChI is InChI=1S/C14H28N2O2/c17-11-4-14-2-7-15(8-3-14)5-1-6-16-9-12-18-13-10-16/h14,17H,1-13H2. The van der Waals surface area contributed by atoms with Crippen molar-refractivity contribution < 1.29 is 9.84 Å². The van der Waals surface area contributed by atoms with Crippen LogP contribution in [-0.2, 0) is 4.74 Å². The first kappa shape index (κ1) is 14.3. The third-order valence-electron chi connectivity index (χ3n) is 4.30. The number of nitrogens with zero attached hydrogens (tertiary/aromatic N) is 2. The van der Waals surface area contributed by atoms with Gasteiger partial charge >= 0.3 is 0 Å². The van der Waals surface area contributed by atoms with Gasteiger partial charge in [-0.3, -0.25) is 4.90 Å². The molecule has 106 valence electrons. The normalized spacial score (nSPS) is 24.5. The van der Waals surface area contributed by atoms with Gasteiger partial charge in [-0.2, -0.15) is 0 Å². The van der Waals surface area contributed by atoms with Crippen molar-refractivity contribution in [2.24, 2.45) is 5.92 Å². The highest BCUT2D eigenvalue weighted by atomic mass is 16.5. The van der Waals surface area contributed by atoms with E-state index >= 15 is 0 Å². The molecule has 0 aromatic heterocycles. The molecular weight excluding hydrogens is 228 g/mol. The molecule has 0 aromatic rings. The minimum atomic E-state index is 0.363. The van der Waals surface area contributed by atoms with E-state index in [2.05, 4.69) is 9.80 Å². The Morgan fingerprint density at radius 1 is 0.944 bits per heavy atom. The molecule has 18 heavy (non-hydrogen) atoms. The van der Waals surface area contributed by atoms with Crippen LogP contribution in [0.25, 0.3) is 0 Å². The maximum absolute atomic E-state index is 8.94. The minimum Gasteiger partial charge on any atom is -0.396 e. The van der Waals surface area contributed by atoms with E-state index in [0.717, 1.165) is 38.6 Å². The van der Waals surface area contributed by atoms with Gasteiger partial charge in [0.15, 0.2) is 0 Å². The molecule has 0 unspecified atom stereocenters. The van der Waals surface area contributed by atoms with Gasteiger partial charge in [-0.1, -0.05) is 0 Å². The summed E-state index contributed by atoms with van der Waals surface area (Å²) in [6.45, 7) is 9.32. The number of rotatable bonds is 6. The first-order valence-electron chi connectivity index (χ1n) is 7.52. The highest BCUT2D eigenvalue weighted by Gasteiger charge is 2.18. The summed E-state index contributed by atoms with van der Waals surface area (Å²) < 4.78 is 5.36. The zero-order valence-electron chi connectivity index (χ0n) is 11.5. The number of morpholine rings is 1. The van der Waals surface area contributed by atoms with Crippen molar-refractivity contribution in [2.75, 3.05) is 59.1 Å². The fourth-order valence-corrected chi connectivity index (χ4v) is 3.02. The van der Waals surface area contributed by atoms with E-state index in [9.17, 15) is 0 Å². The molecule has 4 nitrogen and oxygen atoms in total. The second-order valence-electron chi connectivity index (χ2n) is 5.60. The molecule has 4 heteroatoms. The molecule has 0 radical (unpaired) electrons. The monoisotopic (exact) mass is 256 g/mol. The van der Waals surface area contributed by atoms with Gasteiger partial charge < -0.3 is 14.7 Å². The molecule has 0 aliphatic carbocycles. The van der Waals surface area contributed by atoms with Crippen LogP contribution in [0.15, 0.2) is 0 Å². The number of aliphatic hydroxyl groups is 1. The Balaban J connectivity index is 1.52. The van der Waals surface area contributed by atoms with Crippen molar-refractivity contribution in [2.45, 2.75) is 25.7 Å². The van der Waals surface area contributed by atoms with Gasteiger partial charge in [0.25, 0.3) is 0 Å². The van der Waals surface area contributed by atoms with Crippen molar-refractivity contribution in [3.8, 4) is 0 Å². The van der Waals surface area contributed by atoms with Gasteiger partial charge in [0.1, 0.15) is 0 Å². The molecule has 0 spiro atoms. The maximum atomic E-state index is 8.94. The molecule has 2 fully saturated rings. The third-order valence-corrected chi connectivity index (χ3v) is 4.30. The van der Waals surface area contributed by atoms with Crippen LogP contribution < -0.4 is 0 Å². The molecule has 2 saturated heterocycles. The van der Waals surface area contributed by atoms with E-state index in [1.807, 2.05) is 0 Å². The molecular formula is C14H28N2O2. The Hall–Kier alpha value is -0.160. The van der Waals surface area contributed by atoms with Crippen LogP contribution in [0.2, 0.25) is 0 Å². The second kappa shape index (κ2) is 8.10. The molecule has 2 heterocycles. The molecule has 0 aromatic carbocycles. The van der Waals surface area contributed by atoms with Crippen LogP contribution in [0.3, 0.4) is 0 Å². The van der Waals surface area contributed by atoms with E-state index in [-0.39, 0.29) is 0 Å². The molecule has 0 saturated carbocycles. The average molecular weight is 256 g/mol. The first-order valence-corrected chi connectivity index (χ1v) is 7.52. The van der Waals surface area contributed by atoms with Gasteiger partial charge in [-0.25, -0.2) is 0 Å². The lowest BCUT2D eigenvalue weighted by Gasteiger charge is -2.32. The van der Waals surface area contributed by atoms with Gasteiger partial charge in [0, 0.05) is 19.7 Å². The summed E-state index contributed by atoms with van der Waals surface area (Å²) in [5, 5.41) is 8.94. The largest absolute Gasteiger partial charge is 0.396 e. The molecule has 0 amide bonds. The van der Waals surface area contributed by atoms with Gasteiger partial charge in [-0.05, 0) is 57.8 Å². The van der Waals surface area contributed by atoms with E-state index in [4.69, 9.17) is 9.84 Å². The Bertz CT molecular complexity index is 212. The van der Waals surface area contributed by atoms with Crippen LogP contribution in [0.4, 0.5) is 0 Å². The van der Waals surface area contributed by atoms with Gasteiger partial charge in [0.2, 0.25) is 0 Å². The van der Waals surface area contributed by atoms with Crippen molar-refractivity contribution in [3.63, 3.8) is 0 Å². The Morgan fingerprint density at radius 2 is 1.56 bits per heavy atom. The lowest BCUT2D eigenvalue weighted by Crippen LogP contribution is -2.39. The number of hydrogen-bond donors (Lipinski definition) is 1.